The minimum atomic E-state index is -0.860. The smallest absolute Gasteiger partial charge is 0.407 e. The lowest BCUT2D eigenvalue weighted by Gasteiger charge is -2.33. The van der Waals surface area contributed by atoms with E-state index in [4.69, 9.17) is 10.1 Å². The van der Waals surface area contributed by atoms with Gasteiger partial charge in [-0.2, -0.15) is 5.10 Å². The van der Waals surface area contributed by atoms with E-state index in [0.29, 0.717) is 26.2 Å². The number of amides is 2. The summed E-state index contributed by atoms with van der Waals surface area (Å²) in [7, 11) is 0. The van der Waals surface area contributed by atoms with Gasteiger partial charge in [-0.3, -0.25) is 9.78 Å². The lowest BCUT2D eigenvalue weighted by Crippen LogP contribution is -2.48. The van der Waals surface area contributed by atoms with Gasteiger partial charge in [-0.05, 0) is 43.7 Å². The van der Waals surface area contributed by atoms with Gasteiger partial charge < -0.3 is 20.2 Å². The van der Waals surface area contributed by atoms with Crippen molar-refractivity contribution in [3.05, 3.63) is 42.5 Å². The summed E-state index contributed by atoms with van der Waals surface area (Å²) in [6, 6.07) is 6.00. The molecule has 34 heavy (non-hydrogen) atoms. The summed E-state index contributed by atoms with van der Waals surface area (Å²) in [6.45, 7) is 3.14. The van der Waals surface area contributed by atoms with Crippen LogP contribution in [0.3, 0.4) is 0 Å². The molecule has 3 fully saturated rings. The van der Waals surface area contributed by atoms with E-state index in [1.165, 1.54) is 17.7 Å². The van der Waals surface area contributed by atoms with Crippen LogP contribution in [0.4, 0.5) is 10.6 Å². The van der Waals surface area contributed by atoms with Crippen LogP contribution in [0.2, 0.25) is 0 Å². The summed E-state index contributed by atoms with van der Waals surface area (Å²) in [4.78, 5) is 34.3. The Labute approximate surface area is 197 Å². The largest absolute Gasteiger partial charge is 0.465 e. The van der Waals surface area contributed by atoms with Gasteiger partial charge in [0, 0.05) is 68.4 Å². The molecule has 1 saturated carbocycles. The van der Waals surface area contributed by atoms with E-state index in [-0.39, 0.29) is 5.91 Å². The molecule has 0 bridgehead atoms. The van der Waals surface area contributed by atoms with Crippen molar-refractivity contribution in [2.75, 3.05) is 37.6 Å². The normalized spacial score (nSPS) is 17.9. The molecule has 10 heteroatoms. The van der Waals surface area contributed by atoms with Gasteiger partial charge in [-0.1, -0.05) is 6.07 Å². The molecule has 2 aliphatic heterocycles. The van der Waals surface area contributed by atoms with Gasteiger partial charge in [0.15, 0.2) is 5.65 Å². The van der Waals surface area contributed by atoms with E-state index in [0.717, 1.165) is 60.0 Å². The standard InChI is InChI=1S/C20H22N6O2.C4H7NO/c27-20(28)25-10-8-24(9-11-25)18-5-7-26-19(23-18)16(13-22-26)15-2-1-6-21-17(15)12-14-3-4-14;6-4-2-1-3-5-4/h1-2,5-7,13-14H,3-4,8-12H2,(H,27,28);1-3H2,(H,5,6). The maximum absolute atomic E-state index is 11.1. The second-order valence-electron chi connectivity index (χ2n) is 8.97. The number of rotatable bonds is 4. The van der Waals surface area contributed by atoms with Crippen LogP contribution >= 0.6 is 0 Å². The molecule has 0 radical (unpaired) electrons. The van der Waals surface area contributed by atoms with Crippen molar-refractivity contribution in [2.45, 2.75) is 32.1 Å². The van der Waals surface area contributed by atoms with E-state index in [1.807, 2.05) is 30.7 Å². The van der Waals surface area contributed by atoms with Crippen molar-refractivity contribution in [1.82, 2.24) is 29.8 Å². The van der Waals surface area contributed by atoms with Crippen LogP contribution in [0.5, 0.6) is 0 Å². The second kappa shape index (κ2) is 9.66. The lowest BCUT2D eigenvalue weighted by atomic mass is 10.0. The number of anilines is 1. The molecule has 3 aromatic heterocycles. The van der Waals surface area contributed by atoms with E-state index in [2.05, 4.69) is 26.4 Å². The molecule has 0 spiro atoms. The van der Waals surface area contributed by atoms with Crippen molar-refractivity contribution in [1.29, 1.82) is 0 Å². The van der Waals surface area contributed by atoms with E-state index < -0.39 is 6.09 Å². The Kier molecular flexibility index (Phi) is 6.29. The number of nitrogens with zero attached hydrogens (tertiary/aromatic N) is 6. The summed E-state index contributed by atoms with van der Waals surface area (Å²) >= 11 is 0. The maximum atomic E-state index is 11.1. The highest BCUT2D eigenvalue weighted by Crippen LogP contribution is 2.35. The predicted octanol–water partition coefficient (Wildman–Crippen LogP) is 2.44. The summed E-state index contributed by atoms with van der Waals surface area (Å²) in [5, 5.41) is 16.3. The zero-order valence-electron chi connectivity index (χ0n) is 19.1. The van der Waals surface area contributed by atoms with Gasteiger partial charge in [-0.15, -0.1) is 0 Å². The van der Waals surface area contributed by atoms with Gasteiger partial charge in [0.1, 0.15) is 5.82 Å². The van der Waals surface area contributed by atoms with Gasteiger partial charge in [-0.25, -0.2) is 14.3 Å². The topological polar surface area (TPSA) is 116 Å². The van der Waals surface area contributed by atoms with Gasteiger partial charge in [0.05, 0.1) is 6.20 Å². The molecule has 2 amide bonds. The van der Waals surface area contributed by atoms with Crippen molar-refractivity contribution >= 4 is 23.5 Å². The average molecular weight is 464 g/mol. The molecular weight excluding hydrogens is 434 g/mol. The van der Waals surface area contributed by atoms with Crippen molar-refractivity contribution in [3.63, 3.8) is 0 Å². The third-order valence-electron chi connectivity index (χ3n) is 6.49. The minimum absolute atomic E-state index is 0.204. The Morgan fingerprint density at radius 1 is 1.15 bits per heavy atom. The third kappa shape index (κ3) is 4.95. The number of carbonyl (C=O) groups is 2. The molecule has 178 valence electrons. The molecule has 3 aliphatic rings. The first-order valence-electron chi connectivity index (χ1n) is 11.9. The van der Waals surface area contributed by atoms with Crippen LogP contribution in [0.1, 0.15) is 31.4 Å². The Morgan fingerprint density at radius 3 is 2.62 bits per heavy atom. The Bertz CT molecular complexity index is 1170. The number of pyridine rings is 1. The predicted molar refractivity (Wildman–Crippen MR) is 127 cm³/mol. The molecule has 2 N–H and O–H groups in total. The van der Waals surface area contributed by atoms with E-state index in [1.54, 1.807) is 4.52 Å². The fraction of sp³-hybridized carbons (Fsp3) is 0.458. The zero-order valence-corrected chi connectivity index (χ0v) is 19.1. The maximum Gasteiger partial charge on any atom is 0.407 e. The number of piperazine rings is 1. The minimum Gasteiger partial charge on any atom is -0.465 e. The summed E-state index contributed by atoms with van der Waals surface area (Å²) in [6.07, 6.45) is 10.1. The third-order valence-corrected chi connectivity index (χ3v) is 6.49. The van der Waals surface area contributed by atoms with Crippen LogP contribution in [-0.2, 0) is 11.2 Å². The van der Waals surface area contributed by atoms with Crippen molar-refractivity contribution in [3.8, 4) is 11.1 Å². The number of carboxylic acid groups (broad SMARTS) is 1. The fourth-order valence-corrected chi connectivity index (χ4v) is 4.36. The highest BCUT2D eigenvalue weighted by atomic mass is 16.4. The quantitative estimate of drug-likeness (QED) is 0.610. The van der Waals surface area contributed by atoms with Gasteiger partial charge in [0.25, 0.3) is 0 Å². The molecular formula is C24H29N7O3. The molecule has 3 aromatic rings. The molecule has 0 aromatic carbocycles. The highest BCUT2D eigenvalue weighted by Gasteiger charge is 2.25. The van der Waals surface area contributed by atoms with Crippen LogP contribution in [0, 0.1) is 5.92 Å². The number of hydrogen-bond donors (Lipinski definition) is 2. The zero-order chi connectivity index (χ0) is 23.5. The van der Waals surface area contributed by atoms with Gasteiger partial charge in [0.2, 0.25) is 5.91 Å². The molecule has 0 atom stereocenters. The van der Waals surface area contributed by atoms with Crippen molar-refractivity contribution < 1.29 is 14.7 Å². The summed E-state index contributed by atoms with van der Waals surface area (Å²) in [5.41, 5.74) is 4.02. The second-order valence-corrected chi connectivity index (χ2v) is 8.97. The average Bonchev–Trinajstić information content (AvgIpc) is 3.36. The molecule has 10 nitrogen and oxygen atoms in total. The Hall–Kier alpha value is -3.69. The molecule has 5 heterocycles. The van der Waals surface area contributed by atoms with Crippen LogP contribution in [-0.4, -0.2) is 74.3 Å². The first-order valence-corrected chi connectivity index (χ1v) is 11.9. The molecule has 6 rings (SSSR count). The Morgan fingerprint density at radius 2 is 1.97 bits per heavy atom. The van der Waals surface area contributed by atoms with Gasteiger partial charge >= 0.3 is 6.09 Å². The van der Waals surface area contributed by atoms with Crippen LogP contribution in [0.25, 0.3) is 16.8 Å². The first-order chi connectivity index (χ1) is 16.6. The van der Waals surface area contributed by atoms with Crippen LogP contribution in [0.15, 0.2) is 36.8 Å². The number of aromatic nitrogens is 4. The summed E-state index contributed by atoms with van der Waals surface area (Å²) < 4.78 is 1.79. The Balaban J connectivity index is 0.000000351. The van der Waals surface area contributed by atoms with Crippen molar-refractivity contribution in [2.24, 2.45) is 5.92 Å². The van der Waals surface area contributed by atoms with Crippen LogP contribution < -0.4 is 10.2 Å². The number of fused-ring (bicyclic) bond motifs is 1. The number of nitrogens with one attached hydrogen (secondary N) is 1. The summed E-state index contributed by atoms with van der Waals surface area (Å²) in [5.74, 6) is 1.81. The first kappa shape index (κ1) is 22.1. The lowest BCUT2D eigenvalue weighted by molar-refractivity contribution is -0.119. The number of carbonyl (C=O) groups excluding carboxylic acids is 1. The number of hydrogen-bond acceptors (Lipinski definition) is 6. The fourth-order valence-electron chi connectivity index (χ4n) is 4.36. The van der Waals surface area contributed by atoms with E-state index in [9.17, 15) is 9.59 Å². The highest BCUT2D eigenvalue weighted by molar-refractivity contribution is 5.79. The molecule has 1 aliphatic carbocycles. The molecule has 2 saturated heterocycles. The monoisotopic (exact) mass is 463 g/mol. The molecule has 0 unspecified atom stereocenters. The SMILES string of the molecule is O=C(O)N1CCN(c2ccn3ncc(-c4cccnc4CC4CC4)c3n2)CC1.O=C1CCCN1. The van der Waals surface area contributed by atoms with E-state index >= 15 is 0 Å².